The van der Waals surface area contributed by atoms with E-state index in [1.54, 1.807) is 0 Å². The quantitative estimate of drug-likeness (QED) is 0.827. The van der Waals surface area contributed by atoms with E-state index >= 15 is 0 Å². The maximum absolute atomic E-state index is 13.4. The molecular formula is C13H15ClF3NO. The van der Waals surface area contributed by atoms with Gasteiger partial charge in [-0.3, -0.25) is 4.79 Å². The van der Waals surface area contributed by atoms with Crippen molar-refractivity contribution >= 4 is 17.5 Å². The van der Waals surface area contributed by atoms with Gasteiger partial charge in [0.25, 0.3) is 5.91 Å². The molecule has 1 amide bonds. The van der Waals surface area contributed by atoms with E-state index in [1.807, 2.05) is 13.8 Å². The fourth-order valence-electron chi connectivity index (χ4n) is 1.51. The lowest BCUT2D eigenvalue weighted by Gasteiger charge is -2.23. The van der Waals surface area contributed by atoms with E-state index in [1.165, 1.54) is 0 Å². The average Bonchev–Trinajstić information content (AvgIpc) is 2.25. The Balaban J connectivity index is 2.80. The molecule has 106 valence electrons. The predicted molar refractivity (Wildman–Crippen MR) is 67.8 cm³/mol. The summed E-state index contributed by atoms with van der Waals surface area (Å²) in [4.78, 5) is 11.7. The van der Waals surface area contributed by atoms with Crippen LogP contribution in [0.25, 0.3) is 0 Å². The molecule has 0 aromatic heterocycles. The second-order valence-electron chi connectivity index (χ2n) is 5.03. The minimum Gasteiger partial charge on any atom is -0.351 e. The summed E-state index contributed by atoms with van der Waals surface area (Å²) in [6.07, 6.45) is 0.642. The lowest BCUT2D eigenvalue weighted by molar-refractivity contribution is 0.0927. The molecule has 0 saturated heterocycles. The molecule has 6 heteroatoms. The number of benzene rings is 1. The first-order chi connectivity index (χ1) is 8.76. The largest absolute Gasteiger partial charge is 0.351 e. The van der Waals surface area contributed by atoms with Gasteiger partial charge in [-0.25, -0.2) is 13.2 Å². The highest BCUT2D eigenvalue weighted by Crippen LogP contribution is 2.20. The first kappa shape index (κ1) is 15.8. The van der Waals surface area contributed by atoms with Gasteiger partial charge in [0, 0.05) is 24.6 Å². The van der Waals surface area contributed by atoms with Gasteiger partial charge in [0.15, 0.2) is 0 Å². The maximum Gasteiger partial charge on any atom is 0.257 e. The van der Waals surface area contributed by atoms with Crippen molar-refractivity contribution in [2.45, 2.75) is 20.3 Å². The zero-order valence-corrected chi connectivity index (χ0v) is 11.5. The summed E-state index contributed by atoms with van der Waals surface area (Å²) in [6, 6.07) is 0.948. The molecule has 0 spiro atoms. The smallest absolute Gasteiger partial charge is 0.257 e. The van der Waals surface area contributed by atoms with Gasteiger partial charge < -0.3 is 5.32 Å². The van der Waals surface area contributed by atoms with Crippen molar-refractivity contribution in [2.24, 2.45) is 5.41 Å². The Kier molecular flexibility index (Phi) is 5.23. The number of carbonyl (C=O) groups is 1. The zero-order chi connectivity index (χ0) is 14.6. The highest BCUT2D eigenvalue weighted by Gasteiger charge is 2.22. The zero-order valence-electron chi connectivity index (χ0n) is 10.7. The van der Waals surface area contributed by atoms with E-state index in [0.29, 0.717) is 24.4 Å². The molecule has 0 fully saturated rings. The van der Waals surface area contributed by atoms with Crippen LogP contribution in [0.3, 0.4) is 0 Å². The highest BCUT2D eigenvalue weighted by molar-refractivity contribution is 6.17. The number of carbonyl (C=O) groups excluding carboxylic acids is 1. The summed E-state index contributed by atoms with van der Waals surface area (Å²) in [5.41, 5.74) is -1.06. The molecule has 1 aromatic carbocycles. The molecule has 0 radical (unpaired) electrons. The van der Waals surface area contributed by atoms with Gasteiger partial charge >= 0.3 is 0 Å². The summed E-state index contributed by atoms with van der Waals surface area (Å²) >= 11 is 5.61. The van der Waals surface area contributed by atoms with Crippen molar-refractivity contribution in [3.8, 4) is 0 Å². The molecule has 19 heavy (non-hydrogen) atoms. The van der Waals surface area contributed by atoms with E-state index in [2.05, 4.69) is 5.32 Å². The van der Waals surface area contributed by atoms with Crippen LogP contribution in [0, 0.1) is 22.9 Å². The second-order valence-corrected chi connectivity index (χ2v) is 5.41. The molecule has 0 aliphatic rings. The van der Waals surface area contributed by atoms with Crippen LogP contribution in [0.5, 0.6) is 0 Å². The molecule has 0 aliphatic heterocycles. The molecule has 0 bridgehead atoms. The van der Waals surface area contributed by atoms with E-state index in [9.17, 15) is 18.0 Å². The summed E-state index contributed by atoms with van der Waals surface area (Å²) in [5, 5.41) is 2.43. The standard InChI is InChI=1S/C13H15ClF3NO/c1-13(2,3-4-14)7-18-12(19)11-9(16)5-8(15)6-10(11)17/h5-6H,3-4,7H2,1-2H3,(H,18,19). The van der Waals surface area contributed by atoms with Crippen molar-refractivity contribution < 1.29 is 18.0 Å². The van der Waals surface area contributed by atoms with Crippen molar-refractivity contribution in [1.29, 1.82) is 0 Å². The number of rotatable bonds is 5. The van der Waals surface area contributed by atoms with Crippen LogP contribution in [0.1, 0.15) is 30.6 Å². The molecule has 0 aliphatic carbocycles. The van der Waals surface area contributed by atoms with Gasteiger partial charge in [0.1, 0.15) is 23.0 Å². The fourth-order valence-corrected chi connectivity index (χ4v) is 2.02. The number of nitrogens with one attached hydrogen (secondary N) is 1. The third-order valence-corrected chi connectivity index (χ3v) is 2.92. The van der Waals surface area contributed by atoms with E-state index in [-0.39, 0.29) is 12.0 Å². The Labute approximate surface area is 114 Å². The van der Waals surface area contributed by atoms with Gasteiger partial charge in [-0.15, -0.1) is 11.6 Å². The number of halogens is 4. The molecule has 0 heterocycles. The van der Waals surface area contributed by atoms with Gasteiger partial charge in [-0.2, -0.15) is 0 Å². The Bertz CT molecular complexity index is 454. The topological polar surface area (TPSA) is 29.1 Å². The van der Waals surface area contributed by atoms with Crippen LogP contribution in [-0.4, -0.2) is 18.3 Å². The number of amides is 1. The molecule has 2 nitrogen and oxygen atoms in total. The van der Waals surface area contributed by atoms with Crippen LogP contribution in [0.4, 0.5) is 13.2 Å². The Hall–Kier alpha value is -1.23. The van der Waals surface area contributed by atoms with Crippen molar-refractivity contribution in [3.63, 3.8) is 0 Å². The first-order valence-electron chi connectivity index (χ1n) is 5.75. The average molecular weight is 294 g/mol. The monoisotopic (exact) mass is 293 g/mol. The summed E-state index contributed by atoms with van der Waals surface area (Å²) in [7, 11) is 0. The molecule has 1 N–H and O–H groups in total. The first-order valence-corrected chi connectivity index (χ1v) is 6.29. The summed E-state index contributed by atoms with van der Waals surface area (Å²) < 4.78 is 39.5. The van der Waals surface area contributed by atoms with Crippen LogP contribution in [-0.2, 0) is 0 Å². The molecular weight excluding hydrogens is 279 g/mol. The minimum atomic E-state index is -1.22. The Morgan fingerprint density at radius 2 is 1.79 bits per heavy atom. The summed E-state index contributed by atoms with van der Waals surface area (Å²) in [6.45, 7) is 3.95. The minimum absolute atomic E-state index is 0.217. The molecule has 0 unspecified atom stereocenters. The fraction of sp³-hybridized carbons (Fsp3) is 0.462. The normalized spacial score (nSPS) is 11.5. The second kappa shape index (κ2) is 6.28. The van der Waals surface area contributed by atoms with E-state index in [4.69, 9.17) is 11.6 Å². The third kappa shape index (κ3) is 4.42. The molecule has 0 saturated carbocycles. The Morgan fingerprint density at radius 3 is 2.26 bits per heavy atom. The lowest BCUT2D eigenvalue weighted by Crippen LogP contribution is -2.35. The van der Waals surface area contributed by atoms with Gasteiger partial charge in [-0.1, -0.05) is 13.8 Å². The van der Waals surface area contributed by atoms with E-state index < -0.39 is 28.9 Å². The van der Waals surface area contributed by atoms with Gasteiger partial charge in [-0.05, 0) is 11.8 Å². The molecule has 0 atom stereocenters. The van der Waals surface area contributed by atoms with Crippen LogP contribution in [0.15, 0.2) is 12.1 Å². The lowest BCUT2D eigenvalue weighted by atomic mass is 9.90. The number of alkyl halides is 1. The van der Waals surface area contributed by atoms with E-state index in [0.717, 1.165) is 0 Å². The van der Waals surface area contributed by atoms with Crippen LogP contribution >= 0.6 is 11.6 Å². The van der Waals surface area contributed by atoms with Crippen molar-refractivity contribution in [2.75, 3.05) is 12.4 Å². The van der Waals surface area contributed by atoms with Crippen molar-refractivity contribution in [3.05, 3.63) is 35.1 Å². The highest BCUT2D eigenvalue weighted by atomic mass is 35.5. The van der Waals surface area contributed by atoms with Gasteiger partial charge in [0.2, 0.25) is 0 Å². The van der Waals surface area contributed by atoms with Crippen molar-refractivity contribution in [1.82, 2.24) is 5.32 Å². The third-order valence-electron chi connectivity index (χ3n) is 2.73. The van der Waals surface area contributed by atoms with Gasteiger partial charge in [0.05, 0.1) is 0 Å². The van der Waals surface area contributed by atoms with Crippen LogP contribution < -0.4 is 5.32 Å². The maximum atomic E-state index is 13.4. The SMILES string of the molecule is CC(C)(CCCl)CNC(=O)c1c(F)cc(F)cc1F. The molecule has 1 aromatic rings. The predicted octanol–water partition coefficient (Wildman–Crippen LogP) is 3.49. The van der Waals surface area contributed by atoms with Crippen LogP contribution in [0.2, 0.25) is 0 Å². The number of hydrogen-bond donors (Lipinski definition) is 1. The summed E-state index contributed by atoms with van der Waals surface area (Å²) in [5.74, 6) is -3.98. The Morgan fingerprint density at radius 1 is 1.26 bits per heavy atom. The number of hydrogen-bond acceptors (Lipinski definition) is 1. The molecule has 1 rings (SSSR count).